The number of aliphatic hydroxyl groups excluding tert-OH is 1. The Morgan fingerprint density at radius 2 is 1.96 bits per heavy atom. The van der Waals surface area contributed by atoms with E-state index in [1.807, 2.05) is 24.1 Å². The first-order chi connectivity index (χ1) is 12.8. The van der Waals surface area contributed by atoms with Crippen molar-refractivity contribution in [3.8, 4) is 0 Å². The minimum atomic E-state index is -0.218. The molecule has 1 aliphatic rings. The molecule has 1 aliphatic heterocycles. The molecule has 4 nitrogen and oxygen atoms in total. The Bertz CT molecular complexity index is 742. The van der Waals surface area contributed by atoms with Gasteiger partial charge in [0, 0.05) is 13.6 Å². The standard InChI is InChI=1S/C21H28Cl2N2O2/c1-5-15(6-2)19-18(20(26)13(3)25(19)4)21(27)24-11-7-8-14-9-10-16(22)17(23)12-14/h9-10,12,15,19,26H,3,5-8,11H2,1-2,4H3,(H,24,27). The van der Waals surface area contributed by atoms with E-state index in [1.165, 1.54) is 0 Å². The largest absolute Gasteiger partial charge is 0.505 e. The van der Waals surface area contributed by atoms with E-state index in [1.54, 1.807) is 6.07 Å². The number of carbonyl (C=O) groups excluding carboxylic acids is 1. The molecule has 6 heteroatoms. The molecule has 1 unspecified atom stereocenters. The van der Waals surface area contributed by atoms with E-state index in [4.69, 9.17) is 23.2 Å². The van der Waals surface area contributed by atoms with E-state index in [-0.39, 0.29) is 23.6 Å². The number of carbonyl (C=O) groups is 1. The number of nitrogens with one attached hydrogen (secondary N) is 1. The Hall–Kier alpha value is -1.65. The Balaban J connectivity index is 1.98. The fourth-order valence-electron chi connectivity index (χ4n) is 3.64. The highest BCUT2D eigenvalue weighted by atomic mass is 35.5. The lowest BCUT2D eigenvalue weighted by molar-refractivity contribution is -0.118. The van der Waals surface area contributed by atoms with Gasteiger partial charge in [-0.2, -0.15) is 0 Å². The van der Waals surface area contributed by atoms with E-state index >= 15 is 0 Å². The van der Waals surface area contributed by atoms with E-state index < -0.39 is 0 Å². The first kappa shape index (κ1) is 21.6. The normalized spacial score (nSPS) is 17.2. The molecule has 0 aliphatic carbocycles. The maximum atomic E-state index is 12.8. The molecule has 0 aromatic heterocycles. The monoisotopic (exact) mass is 410 g/mol. The van der Waals surface area contributed by atoms with Crippen LogP contribution in [0.2, 0.25) is 10.0 Å². The third-order valence-electron chi connectivity index (χ3n) is 5.32. The topological polar surface area (TPSA) is 52.6 Å². The smallest absolute Gasteiger partial charge is 0.253 e. The summed E-state index contributed by atoms with van der Waals surface area (Å²) in [5.41, 5.74) is 2.02. The predicted molar refractivity (Wildman–Crippen MR) is 112 cm³/mol. The van der Waals surface area contributed by atoms with Crippen LogP contribution in [0.25, 0.3) is 0 Å². The first-order valence-electron chi connectivity index (χ1n) is 9.39. The predicted octanol–water partition coefficient (Wildman–Crippen LogP) is 5.12. The van der Waals surface area contributed by atoms with Crippen molar-refractivity contribution in [1.29, 1.82) is 0 Å². The lowest BCUT2D eigenvalue weighted by Gasteiger charge is -2.30. The lowest BCUT2D eigenvalue weighted by atomic mass is 9.88. The van der Waals surface area contributed by atoms with E-state index in [0.717, 1.165) is 31.2 Å². The molecular weight excluding hydrogens is 383 g/mol. The Kier molecular flexibility index (Phi) is 7.63. The van der Waals surface area contributed by atoms with Crippen molar-refractivity contribution in [3.63, 3.8) is 0 Å². The van der Waals surface area contributed by atoms with E-state index in [0.29, 0.717) is 27.9 Å². The van der Waals surface area contributed by atoms with Crippen LogP contribution >= 0.6 is 23.2 Å². The van der Waals surface area contributed by atoms with Crippen LogP contribution in [0.3, 0.4) is 0 Å². The molecule has 27 heavy (non-hydrogen) atoms. The summed E-state index contributed by atoms with van der Waals surface area (Å²) in [5, 5.41) is 14.5. The molecule has 0 fully saturated rings. The van der Waals surface area contributed by atoms with Gasteiger partial charge in [0.2, 0.25) is 0 Å². The zero-order valence-electron chi connectivity index (χ0n) is 16.2. The average molecular weight is 411 g/mol. The van der Waals surface area contributed by atoms with Gasteiger partial charge in [-0.15, -0.1) is 0 Å². The SMILES string of the molecule is C=C1C(O)=C(C(=O)NCCCc2ccc(Cl)c(Cl)c2)C(C(CC)CC)N1C. The second kappa shape index (κ2) is 9.52. The van der Waals surface area contributed by atoms with Gasteiger partial charge in [-0.3, -0.25) is 4.79 Å². The first-order valence-corrected chi connectivity index (χ1v) is 10.1. The summed E-state index contributed by atoms with van der Waals surface area (Å²) in [5.74, 6) is 0.0776. The van der Waals surface area contributed by atoms with Crippen LogP contribution in [0, 0.1) is 5.92 Å². The number of benzene rings is 1. The molecule has 1 amide bonds. The molecule has 148 valence electrons. The van der Waals surface area contributed by atoms with Crippen LogP contribution < -0.4 is 5.32 Å². The van der Waals surface area contributed by atoms with Gasteiger partial charge in [-0.25, -0.2) is 0 Å². The molecule has 0 saturated heterocycles. The molecule has 0 radical (unpaired) electrons. The quantitative estimate of drug-likeness (QED) is 0.584. The maximum Gasteiger partial charge on any atom is 0.253 e. The number of halogens is 2. The molecule has 2 rings (SSSR count). The number of nitrogens with zero attached hydrogens (tertiary/aromatic N) is 1. The highest BCUT2D eigenvalue weighted by Gasteiger charge is 2.40. The molecule has 1 aromatic rings. The summed E-state index contributed by atoms with van der Waals surface area (Å²) >= 11 is 12.0. The lowest BCUT2D eigenvalue weighted by Crippen LogP contribution is -2.39. The molecule has 2 N–H and O–H groups in total. The Labute approximate surface area is 171 Å². The third-order valence-corrected chi connectivity index (χ3v) is 6.06. The van der Waals surface area contributed by atoms with Crippen molar-refractivity contribution in [3.05, 3.63) is 57.4 Å². The van der Waals surface area contributed by atoms with Crippen molar-refractivity contribution in [1.82, 2.24) is 10.2 Å². The zero-order valence-corrected chi connectivity index (χ0v) is 17.7. The summed E-state index contributed by atoms with van der Waals surface area (Å²) in [6.45, 7) is 8.64. The van der Waals surface area contributed by atoms with E-state index in [9.17, 15) is 9.90 Å². The average Bonchev–Trinajstić information content (AvgIpc) is 2.87. The number of amides is 1. The molecule has 0 saturated carbocycles. The molecule has 1 heterocycles. The maximum absolute atomic E-state index is 12.8. The van der Waals surface area contributed by atoms with Gasteiger partial charge >= 0.3 is 0 Å². The summed E-state index contributed by atoms with van der Waals surface area (Å²) in [6.07, 6.45) is 3.41. The van der Waals surface area contributed by atoms with Crippen LogP contribution in [-0.2, 0) is 11.2 Å². The minimum absolute atomic E-state index is 0.0105. The minimum Gasteiger partial charge on any atom is -0.505 e. The van der Waals surface area contributed by atoms with Gasteiger partial charge in [0.15, 0.2) is 0 Å². The summed E-state index contributed by atoms with van der Waals surface area (Å²) in [4.78, 5) is 14.7. The molecular formula is C21H28Cl2N2O2. The Morgan fingerprint density at radius 1 is 1.30 bits per heavy atom. The van der Waals surface area contributed by atoms with Gasteiger partial charge in [-0.05, 0) is 36.5 Å². The fourth-order valence-corrected chi connectivity index (χ4v) is 3.96. The molecule has 0 spiro atoms. The van der Waals surface area contributed by atoms with Crippen LogP contribution in [-0.4, -0.2) is 35.5 Å². The van der Waals surface area contributed by atoms with Crippen LogP contribution in [0.4, 0.5) is 0 Å². The molecule has 1 atom stereocenters. The number of likely N-dealkylation sites (N-methyl/N-ethyl adjacent to an activating group) is 1. The van der Waals surface area contributed by atoms with Gasteiger partial charge in [-0.1, -0.05) is 62.5 Å². The highest BCUT2D eigenvalue weighted by Crippen LogP contribution is 2.36. The van der Waals surface area contributed by atoms with Crippen LogP contribution in [0.1, 0.15) is 38.7 Å². The van der Waals surface area contributed by atoms with Gasteiger partial charge in [0.05, 0.1) is 27.4 Å². The van der Waals surface area contributed by atoms with Crippen LogP contribution in [0.15, 0.2) is 41.8 Å². The summed E-state index contributed by atoms with van der Waals surface area (Å²) in [6, 6.07) is 5.42. The molecule has 1 aromatic carbocycles. The highest BCUT2D eigenvalue weighted by molar-refractivity contribution is 6.42. The Morgan fingerprint density at radius 3 is 2.56 bits per heavy atom. The van der Waals surface area contributed by atoms with Crippen molar-refractivity contribution >= 4 is 29.1 Å². The number of rotatable bonds is 8. The summed E-state index contributed by atoms with van der Waals surface area (Å²) in [7, 11) is 1.88. The number of hydrogen-bond acceptors (Lipinski definition) is 3. The number of aryl methyl sites for hydroxylation is 1. The fraction of sp³-hybridized carbons (Fsp3) is 0.476. The zero-order chi connectivity index (χ0) is 20.1. The van der Waals surface area contributed by atoms with Gasteiger partial charge in [0.1, 0.15) is 5.76 Å². The molecule has 0 bridgehead atoms. The van der Waals surface area contributed by atoms with E-state index in [2.05, 4.69) is 25.7 Å². The van der Waals surface area contributed by atoms with Gasteiger partial charge < -0.3 is 15.3 Å². The van der Waals surface area contributed by atoms with Crippen molar-refractivity contribution in [2.24, 2.45) is 5.92 Å². The van der Waals surface area contributed by atoms with Crippen LogP contribution in [0.5, 0.6) is 0 Å². The number of aliphatic hydroxyl groups is 1. The third kappa shape index (κ3) is 4.80. The van der Waals surface area contributed by atoms with Crippen molar-refractivity contribution in [2.75, 3.05) is 13.6 Å². The van der Waals surface area contributed by atoms with Crippen molar-refractivity contribution < 1.29 is 9.90 Å². The van der Waals surface area contributed by atoms with Crippen molar-refractivity contribution in [2.45, 2.75) is 45.6 Å². The van der Waals surface area contributed by atoms with Gasteiger partial charge in [0.25, 0.3) is 5.91 Å². The number of hydrogen-bond donors (Lipinski definition) is 2. The second-order valence-electron chi connectivity index (χ2n) is 6.95. The second-order valence-corrected chi connectivity index (χ2v) is 7.76. The summed E-state index contributed by atoms with van der Waals surface area (Å²) < 4.78 is 0.